The minimum Gasteiger partial charge on any atom is -0.376 e. The molecule has 140 valence electrons. The van der Waals surface area contributed by atoms with Gasteiger partial charge in [-0.25, -0.2) is 0 Å². The second kappa shape index (κ2) is 6.79. The van der Waals surface area contributed by atoms with Crippen molar-refractivity contribution < 1.29 is 25.8 Å². The van der Waals surface area contributed by atoms with Gasteiger partial charge in [0.1, 0.15) is 5.75 Å². The molecule has 1 aromatic carbocycles. The number of hydrogen-bond donors (Lipinski definition) is 0. The normalized spacial score (nSPS) is 24.5. The first-order valence-corrected chi connectivity index (χ1v) is 10.0. The monoisotopic (exact) mass is 377 g/mol. The summed E-state index contributed by atoms with van der Waals surface area (Å²) in [5.74, 6) is 0.0436. The van der Waals surface area contributed by atoms with Crippen molar-refractivity contribution in [2.24, 2.45) is 0 Å². The number of benzene rings is 1. The summed E-state index contributed by atoms with van der Waals surface area (Å²) in [4.78, 5) is 2.46. The number of nitrogens with zero attached hydrogens (tertiary/aromatic N) is 1. The maximum Gasteiger partial charge on any atom is 0.534 e. The third-order valence-corrected chi connectivity index (χ3v) is 6.11. The molecule has 1 aliphatic heterocycles. The van der Waals surface area contributed by atoms with Crippen molar-refractivity contribution >= 4 is 10.1 Å². The summed E-state index contributed by atoms with van der Waals surface area (Å²) in [7, 11) is -5.64. The number of fused-ring (bicyclic) bond motifs is 3. The van der Waals surface area contributed by atoms with E-state index in [0.29, 0.717) is 18.0 Å². The highest BCUT2D eigenvalue weighted by atomic mass is 32.2. The zero-order valence-electron chi connectivity index (χ0n) is 14.1. The topological polar surface area (TPSA) is 46.6 Å². The van der Waals surface area contributed by atoms with Gasteiger partial charge >= 0.3 is 15.6 Å². The summed E-state index contributed by atoms with van der Waals surface area (Å²) in [6, 6.07) is 5.17. The molecule has 4 nitrogen and oxygen atoms in total. The van der Waals surface area contributed by atoms with E-state index in [2.05, 4.69) is 16.0 Å². The SMILES string of the molecule is CCCN1CCC[C@H]2c3cccc(OS(=O)(=O)C(F)(F)F)c3CC[C@@H]21. The molecule has 2 atom stereocenters. The van der Waals surface area contributed by atoms with Crippen molar-refractivity contribution in [3.05, 3.63) is 29.3 Å². The fraction of sp³-hybridized carbons (Fsp3) is 0.647. The Morgan fingerprint density at radius 1 is 1.28 bits per heavy atom. The summed E-state index contributed by atoms with van der Waals surface area (Å²) in [6.45, 7) is 4.19. The number of hydrogen-bond acceptors (Lipinski definition) is 4. The number of alkyl halides is 3. The molecule has 0 spiro atoms. The Bertz CT molecular complexity index is 731. The van der Waals surface area contributed by atoms with Crippen LogP contribution in [0.15, 0.2) is 18.2 Å². The average Bonchev–Trinajstić information content (AvgIpc) is 2.54. The molecule has 1 saturated heterocycles. The van der Waals surface area contributed by atoms with Gasteiger partial charge in [-0.1, -0.05) is 19.1 Å². The van der Waals surface area contributed by atoms with Gasteiger partial charge in [-0.05, 0) is 68.3 Å². The highest BCUT2D eigenvalue weighted by Crippen LogP contribution is 2.44. The smallest absolute Gasteiger partial charge is 0.376 e. The third kappa shape index (κ3) is 3.51. The molecule has 2 aliphatic rings. The van der Waals surface area contributed by atoms with Crippen LogP contribution in [-0.2, 0) is 16.5 Å². The molecule has 8 heteroatoms. The van der Waals surface area contributed by atoms with E-state index in [4.69, 9.17) is 0 Å². The Labute approximate surface area is 146 Å². The van der Waals surface area contributed by atoms with Gasteiger partial charge < -0.3 is 4.18 Å². The van der Waals surface area contributed by atoms with E-state index in [9.17, 15) is 21.6 Å². The van der Waals surface area contributed by atoms with E-state index in [0.717, 1.165) is 44.3 Å². The summed E-state index contributed by atoms with van der Waals surface area (Å²) in [5, 5.41) is 0. The fourth-order valence-electron chi connectivity index (χ4n) is 4.17. The molecule has 0 bridgehead atoms. The van der Waals surface area contributed by atoms with Gasteiger partial charge in [0.2, 0.25) is 0 Å². The maximum absolute atomic E-state index is 12.6. The fourth-order valence-corrected chi connectivity index (χ4v) is 4.66. The molecular formula is C17H22F3NO3S. The Hall–Kier alpha value is -1.28. The van der Waals surface area contributed by atoms with E-state index < -0.39 is 15.6 Å². The number of piperidine rings is 1. The Morgan fingerprint density at radius 2 is 2.04 bits per heavy atom. The molecule has 25 heavy (non-hydrogen) atoms. The van der Waals surface area contributed by atoms with Crippen LogP contribution < -0.4 is 4.18 Å². The maximum atomic E-state index is 12.6. The van der Waals surface area contributed by atoms with Crippen LogP contribution in [0.2, 0.25) is 0 Å². The summed E-state index contributed by atoms with van der Waals surface area (Å²) >= 11 is 0. The van der Waals surface area contributed by atoms with Crippen LogP contribution in [0.4, 0.5) is 13.2 Å². The molecule has 0 amide bonds. The van der Waals surface area contributed by atoms with Gasteiger partial charge in [-0.15, -0.1) is 0 Å². The predicted octanol–water partition coefficient (Wildman–Crippen LogP) is 3.82. The minimum absolute atomic E-state index is 0.180. The largest absolute Gasteiger partial charge is 0.534 e. The molecular weight excluding hydrogens is 355 g/mol. The van der Waals surface area contributed by atoms with Crippen LogP contribution >= 0.6 is 0 Å². The molecule has 1 fully saturated rings. The van der Waals surface area contributed by atoms with Gasteiger partial charge in [0.25, 0.3) is 0 Å². The van der Waals surface area contributed by atoms with Crippen LogP contribution in [-0.4, -0.2) is 38.0 Å². The molecule has 1 aromatic rings. The lowest BCUT2D eigenvalue weighted by Crippen LogP contribution is -2.46. The summed E-state index contributed by atoms with van der Waals surface area (Å²) < 4.78 is 65.1. The molecule has 0 aromatic heterocycles. The second-order valence-electron chi connectivity index (χ2n) is 6.70. The van der Waals surface area contributed by atoms with E-state index in [1.54, 1.807) is 6.07 Å². The molecule has 0 radical (unpaired) electrons. The standard InChI is InChI=1S/C17H22F3NO3S/c1-2-10-21-11-4-6-13-12-5-3-7-16(14(12)8-9-15(13)21)24-25(22,23)17(18,19)20/h3,5,7,13,15H,2,4,6,8-11H2,1H3/t13-,15-/m0/s1. The highest BCUT2D eigenvalue weighted by Gasteiger charge is 2.49. The van der Waals surface area contributed by atoms with Gasteiger partial charge in [0.05, 0.1) is 0 Å². The van der Waals surface area contributed by atoms with Crippen LogP contribution in [0.5, 0.6) is 5.75 Å². The first-order valence-electron chi connectivity index (χ1n) is 8.61. The number of rotatable bonds is 4. The zero-order valence-corrected chi connectivity index (χ0v) is 14.9. The molecule has 1 aliphatic carbocycles. The van der Waals surface area contributed by atoms with Crippen molar-refractivity contribution in [1.82, 2.24) is 4.90 Å². The van der Waals surface area contributed by atoms with E-state index in [-0.39, 0.29) is 11.7 Å². The Kier molecular flexibility index (Phi) is 5.03. The lowest BCUT2D eigenvalue weighted by molar-refractivity contribution is -0.0500. The van der Waals surface area contributed by atoms with Gasteiger partial charge in [0, 0.05) is 6.04 Å². The number of halogens is 3. The predicted molar refractivity (Wildman–Crippen MR) is 88.0 cm³/mol. The molecule has 3 rings (SSSR count). The van der Waals surface area contributed by atoms with Crippen molar-refractivity contribution in [3.63, 3.8) is 0 Å². The Balaban J connectivity index is 1.92. The second-order valence-corrected chi connectivity index (χ2v) is 8.24. The molecule has 1 heterocycles. The number of likely N-dealkylation sites (tertiary alicyclic amines) is 1. The lowest BCUT2D eigenvalue weighted by atomic mass is 9.74. The van der Waals surface area contributed by atoms with Crippen molar-refractivity contribution in [2.75, 3.05) is 13.1 Å². The first-order chi connectivity index (χ1) is 11.7. The van der Waals surface area contributed by atoms with Gasteiger partial charge in [-0.3, -0.25) is 4.90 Å². The van der Waals surface area contributed by atoms with Gasteiger partial charge in [0.15, 0.2) is 0 Å². The molecule has 0 unspecified atom stereocenters. The van der Waals surface area contributed by atoms with Crippen LogP contribution in [0.1, 0.15) is 49.7 Å². The van der Waals surface area contributed by atoms with Crippen LogP contribution in [0.25, 0.3) is 0 Å². The van der Waals surface area contributed by atoms with E-state index in [1.165, 1.54) is 6.07 Å². The minimum atomic E-state index is -5.64. The van der Waals surface area contributed by atoms with Crippen molar-refractivity contribution in [1.29, 1.82) is 0 Å². The van der Waals surface area contributed by atoms with Crippen LogP contribution in [0.3, 0.4) is 0 Å². The zero-order chi connectivity index (χ0) is 18.2. The third-order valence-electron chi connectivity index (χ3n) is 5.15. The van der Waals surface area contributed by atoms with Crippen LogP contribution in [0, 0.1) is 0 Å². The van der Waals surface area contributed by atoms with Crippen molar-refractivity contribution in [3.8, 4) is 5.75 Å². The highest BCUT2D eigenvalue weighted by molar-refractivity contribution is 7.88. The van der Waals surface area contributed by atoms with Crippen molar-refractivity contribution in [2.45, 2.75) is 56.5 Å². The van der Waals surface area contributed by atoms with E-state index in [1.807, 2.05) is 6.07 Å². The first kappa shape index (κ1) is 18.5. The lowest BCUT2D eigenvalue weighted by Gasteiger charge is -2.45. The summed E-state index contributed by atoms with van der Waals surface area (Å²) in [5.41, 5.74) is -3.88. The van der Waals surface area contributed by atoms with Gasteiger partial charge in [-0.2, -0.15) is 21.6 Å². The Morgan fingerprint density at radius 3 is 2.72 bits per heavy atom. The molecule has 0 N–H and O–H groups in total. The van der Waals surface area contributed by atoms with E-state index >= 15 is 0 Å². The quantitative estimate of drug-likeness (QED) is 0.591. The summed E-state index contributed by atoms with van der Waals surface area (Å²) in [6.07, 6.45) is 4.40. The molecule has 0 saturated carbocycles. The average molecular weight is 377 g/mol.